The zero-order valence-electron chi connectivity index (χ0n) is 9.29. The van der Waals surface area contributed by atoms with Crippen molar-refractivity contribution in [3.63, 3.8) is 0 Å². The maximum absolute atomic E-state index is 12.8. The highest BCUT2D eigenvalue weighted by Crippen LogP contribution is 2.25. The van der Waals surface area contributed by atoms with Gasteiger partial charge in [0.2, 0.25) is 5.95 Å². The Morgan fingerprint density at radius 1 is 1.37 bits per heavy atom. The third kappa shape index (κ3) is 2.65. The number of hydrazine groups is 1. The number of rotatable bonds is 5. The third-order valence-corrected chi connectivity index (χ3v) is 2.25. The summed E-state index contributed by atoms with van der Waals surface area (Å²) in [5.74, 6) is 0.787. The van der Waals surface area contributed by atoms with Crippen LogP contribution in [0.15, 0.2) is 6.20 Å². The number of nitrogens with one attached hydrogen (secondary N) is 3. The van der Waals surface area contributed by atoms with Crippen LogP contribution in [-0.2, 0) is 0 Å². The first kappa shape index (κ1) is 13.3. The summed E-state index contributed by atoms with van der Waals surface area (Å²) in [6, 6.07) is 0. The molecule has 0 aromatic carbocycles. The van der Waals surface area contributed by atoms with Gasteiger partial charge in [0.1, 0.15) is 5.82 Å². The van der Waals surface area contributed by atoms with Crippen LogP contribution in [0.25, 0.3) is 11.0 Å². The van der Waals surface area contributed by atoms with E-state index in [1.165, 1.54) is 6.20 Å². The van der Waals surface area contributed by atoms with Crippen molar-refractivity contribution in [2.24, 2.45) is 5.84 Å². The van der Waals surface area contributed by atoms with Gasteiger partial charge in [-0.25, -0.2) is 14.6 Å². The minimum atomic E-state index is -4.17. The van der Waals surface area contributed by atoms with Gasteiger partial charge in [0.15, 0.2) is 5.65 Å². The van der Waals surface area contributed by atoms with Crippen molar-refractivity contribution >= 4 is 22.8 Å². The number of fused-ring (bicyclic) bond motifs is 1. The number of nitrogens with two attached hydrogens (primary N) is 1. The average Bonchev–Trinajstić information content (AvgIpc) is 2.83. The largest absolute Gasteiger partial charge is 0.363 e. The molecule has 11 heteroatoms. The van der Waals surface area contributed by atoms with Crippen molar-refractivity contribution in [1.82, 2.24) is 20.2 Å². The summed E-state index contributed by atoms with van der Waals surface area (Å²) >= 11 is 0. The molecule has 0 aliphatic carbocycles. The van der Waals surface area contributed by atoms with Crippen molar-refractivity contribution in [2.75, 3.05) is 17.3 Å². The average molecular weight is 279 g/mol. The minimum absolute atomic E-state index is 0.0698. The van der Waals surface area contributed by atoms with E-state index in [9.17, 15) is 17.6 Å². The fraction of sp³-hybridized carbons (Fsp3) is 0.375. The normalized spacial score (nSPS) is 12.1. The topological polar surface area (TPSA) is 105 Å². The molecule has 7 nitrogen and oxygen atoms in total. The Morgan fingerprint density at radius 3 is 2.74 bits per heavy atom. The van der Waals surface area contributed by atoms with E-state index in [0.29, 0.717) is 0 Å². The molecule has 104 valence electrons. The first-order valence-electron chi connectivity index (χ1n) is 5.01. The quantitative estimate of drug-likeness (QED) is 0.369. The molecule has 0 aliphatic heterocycles. The predicted molar refractivity (Wildman–Crippen MR) is 58.9 cm³/mol. The molecule has 0 saturated heterocycles. The van der Waals surface area contributed by atoms with Crippen LogP contribution in [0.5, 0.6) is 0 Å². The number of hydrogen-bond acceptors (Lipinski definition) is 6. The van der Waals surface area contributed by atoms with Gasteiger partial charge in [-0.2, -0.15) is 23.8 Å². The second-order valence-electron chi connectivity index (χ2n) is 3.59. The number of hydrogen-bond donors (Lipinski definition) is 4. The van der Waals surface area contributed by atoms with Gasteiger partial charge in [-0.15, -0.1) is 0 Å². The molecular formula is C8H9F4N7. The summed E-state index contributed by atoms with van der Waals surface area (Å²) in [4.78, 5) is 7.61. The Morgan fingerprint density at radius 2 is 2.11 bits per heavy atom. The number of aromatic amines is 1. The van der Waals surface area contributed by atoms with Crippen LogP contribution in [-0.4, -0.2) is 39.1 Å². The second kappa shape index (κ2) is 4.84. The van der Waals surface area contributed by atoms with E-state index in [1.807, 2.05) is 0 Å². The summed E-state index contributed by atoms with van der Waals surface area (Å²) in [6.45, 7) is -1.27. The molecule has 0 saturated carbocycles. The Labute approximate surface area is 103 Å². The summed E-state index contributed by atoms with van der Waals surface area (Å²) in [5, 5.41) is 8.54. The predicted octanol–water partition coefficient (Wildman–Crippen LogP) is 0.951. The monoisotopic (exact) mass is 279 g/mol. The molecule has 2 aromatic rings. The van der Waals surface area contributed by atoms with Crippen LogP contribution in [0, 0.1) is 0 Å². The maximum Gasteiger partial charge on any atom is 0.324 e. The van der Waals surface area contributed by atoms with Gasteiger partial charge in [-0.3, -0.25) is 10.5 Å². The van der Waals surface area contributed by atoms with E-state index in [-0.39, 0.29) is 22.8 Å². The number of anilines is 2. The van der Waals surface area contributed by atoms with Crippen LogP contribution >= 0.6 is 0 Å². The summed E-state index contributed by atoms with van der Waals surface area (Å²) < 4.78 is 49.7. The van der Waals surface area contributed by atoms with Crippen molar-refractivity contribution < 1.29 is 17.6 Å². The van der Waals surface area contributed by atoms with Crippen molar-refractivity contribution in [1.29, 1.82) is 0 Å². The highest BCUT2D eigenvalue weighted by molar-refractivity contribution is 5.86. The molecule has 2 rings (SSSR count). The van der Waals surface area contributed by atoms with Crippen LogP contribution in [0.4, 0.5) is 29.3 Å². The zero-order valence-corrected chi connectivity index (χ0v) is 9.29. The lowest BCUT2D eigenvalue weighted by atomic mass is 10.3. The Hall–Kier alpha value is -2.17. The molecule has 0 unspecified atom stereocenters. The fourth-order valence-electron chi connectivity index (χ4n) is 1.31. The van der Waals surface area contributed by atoms with Crippen molar-refractivity contribution in [3.8, 4) is 0 Å². The number of aromatic nitrogens is 4. The highest BCUT2D eigenvalue weighted by Gasteiger charge is 2.40. The lowest BCUT2D eigenvalue weighted by molar-refractivity contribution is -0.117. The molecule has 0 bridgehead atoms. The Balaban J connectivity index is 2.27. The molecule has 0 aliphatic rings. The summed E-state index contributed by atoms with van der Waals surface area (Å²) in [6.07, 6.45) is -2.49. The molecule has 19 heavy (non-hydrogen) atoms. The van der Waals surface area contributed by atoms with Gasteiger partial charge in [-0.05, 0) is 0 Å². The van der Waals surface area contributed by atoms with Gasteiger partial charge in [0.25, 0.3) is 0 Å². The van der Waals surface area contributed by atoms with Gasteiger partial charge in [0, 0.05) is 0 Å². The van der Waals surface area contributed by atoms with Crippen LogP contribution in [0.3, 0.4) is 0 Å². The second-order valence-corrected chi connectivity index (χ2v) is 3.59. The molecule has 0 amide bonds. The van der Waals surface area contributed by atoms with Gasteiger partial charge in [0.05, 0.1) is 18.1 Å². The van der Waals surface area contributed by atoms with Crippen molar-refractivity contribution in [2.45, 2.75) is 12.3 Å². The zero-order chi connectivity index (χ0) is 14.0. The van der Waals surface area contributed by atoms with E-state index in [4.69, 9.17) is 5.84 Å². The molecule has 0 spiro atoms. The SMILES string of the molecule is NNc1nc(NCC(F)(F)C(F)F)c2cn[nH]c2n1. The number of alkyl halides is 4. The third-order valence-electron chi connectivity index (χ3n) is 2.25. The standard InChI is InChI=1S/C8H9F4N7/c9-6(10)8(11,12)2-14-4-3-1-15-19-5(3)17-7(16-4)18-13/h1,6H,2,13H2,(H3,14,15,16,17,18,19). The van der Waals surface area contributed by atoms with E-state index in [2.05, 4.69) is 30.9 Å². The molecule has 0 fully saturated rings. The van der Waals surface area contributed by atoms with Crippen LogP contribution in [0.2, 0.25) is 0 Å². The van der Waals surface area contributed by atoms with Gasteiger partial charge < -0.3 is 5.32 Å². The highest BCUT2D eigenvalue weighted by atomic mass is 19.3. The van der Waals surface area contributed by atoms with E-state index < -0.39 is 18.9 Å². The molecule has 2 heterocycles. The van der Waals surface area contributed by atoms with Crippen LogP contribution in [0.1, 0.15) is 0 Å². The lowest BCUT2D eigenvalue weighted by Gasteiger charge is -2.16. The van der Waals surface area contributed by atoms with Crippen LogP contribution < -0.4 is 16.6 Å². The number of H-pyrrole nitrogens is 1. The maximum atomic E-state index is 12.8. The molecular weight excluding hydrogens is 270 g/mol. The Kier molecular flexibility index (Phi) is 3.38. The summed E-state index contributed by atoms with van der Waals surface area (Å²) in [5.41, 5.74) is 2.35. The van der Waals surface area contributed by atoms with E-state index >= 15 is 0 Å². The minimum Gasteiger partial charge on any atom is -0.363 e. The molecule has 0 atom stereocenters. The van der Waals surface area contributed by atoms with E-state index in [0.717, 1.165) is 0 Å². The lowest BCUT2D eigenvalue weighted by Crippen LogP contribution is -2.35. The molecule has 0 radical (unpaired) electrons. The number of nitrogen functional groups attached to an aromatic ring is 1. The Bertz CT molecular complexity index is 569. The number of halogens is 4. The van der Waals surface area contributed by atoms with E-state index in [1.54, 1.807) is 0 Å². The first-order chi connectivity index (χ1) is 8.94. The van der Waals surface area contributed by atoms with Crippen molar-refractivity contribution in [3.05, 3.63) is 6.20 Å². The molecule has 5 N–H and O–H groups in total. The smallest absolute Gasteiger partial charge is 0.324 e. The first-order valence-corrected chi connectivity index (χ1v) is 5.01. The van der Waals surface area contributed by atoms with Gasteiger partial charge >= 0.3 is 12.3 Å². The molecule has 2 aromatic heterocycles. The van der Waals surface area contributed by atoms with Gasteiger partial charge in [-0.1, -0.05) is 0 Å². The summed E-state index contributed by atoms with van der Waals surface area (Å²) in [7, 11) is 0. The number of nitrogens with zero attached hydrogens (tertiary/aromatic N) is 3. The fourth-order valence-corrected chi connectivity index (χ4v) is 1.31.